The van der Waals surface area contributed by atoms with Crippen molar-refractivity contribution in [2.45, 2.75) is 38.3 Å². The lowest BCUT2D eigenvalue weighted by atomic mass is 9.84. The third kappa shape index (κ3) is 3.88. The molecule has 7 nitrogen and oxygen atoms in total. The molecule has 1 aliphatic carbocycles. The topological polar surface area (TPSA) is 76.5 Å². The van der Waals surface area contributed by atoms with Crippen molar-refractivity contribution in [1.82, 2.24) is 14.7 Å². The molecule has 2 fully saturated rings. The first-order valence-electron chi connectivity index (χ1n) is 9.78. The van der Waals surface area contributed by atoms with Gasteiger partial charge >= 0.3 is 0 Å². The summed E-state index contributed by atoms with van der Waals surface area (Å²) in [4.78, 5) is 27.0. The number of aromatic nitrogens is 2. The molecule has 2 unspecified atom stereocenters. The number of benzene rings is 1. The monoisotopic (exact) mass is 382 g/mol. The Labute approximate surface area is 164 Å². The lowest BCUT2D eigenvalue weighted by molar-refractivity contribution is -0.140. The van der Waals surface area contributed by atoms with Gasteiger partial charge in [0.15, 0.2) is 0 Å². The summed E-state index contributed by atoms with van der Waals surface area (Å²) in [7, 11) is 3.38. The van der Waals surface area contributed by atoms with E-state index in [-0.39, 0.29) is 23.8 Å². The maximum Gasteiger partial charge on any atom is 0.230 e. The number of piperidine rings is 1. The van der Waals surface area contributed by atoms with Gasteiger partial charge in [0.2, 0.25) is 11.8 Å². The zero-order valence-corrected chi connectivity index (χ0v) is 16.3. The van der Waals surface area contributed by atoms with E-state index in [0.29, 0.717) is 18.5 Å². The number of carbonyl (C=O) groups excluding carboxylic acids is 2. The van der Waals surface area contributed by atoms with Crippen molar-refractivity contribution in [3.05, 3.63) is 42.2 Å². The highest BCUT2D eigenvalue weighted by Gasteiger charge is 2.39. The van der Waals surface area contributed by atoms with E-state index >= 15 is 0 Å². The van der Waals surface area contributed by atoms with Gasteiger partial charge in [-0.15, -0.1) is 0 Å². The number of carbonyl (C=O) groups is 2. The van der Waals surface area contributed by atoms with Crippen molar-refractivity contribution >= 4 is 17.5 Å². The standard InChI is InChI=1S/C21H26N4O3/c1-24-19(26)10-9-18(20(24)15-5-7-17(28-2)8-6-15)21(27)23-16-11-22-25(13-16)12-14-3-4-14/h5-8,11,13-14,18,20H,3-4,9-10,12H2,1-2H3,(H,23,27). The first-order valence-corrected chi connectivity index (χ1v) is 9.78. The molecule has 2 amide bonds. The van der Waals surface area contributed by atoms with Crippen molar-refractivity contribution < 1.29 is 14.3 Å². The van der Waals surface area contributed by atoms with Gasteiger partial charge in [0.25, 0.3) is 0 Å². The molecule has 28 heavy (non-hydrogen) atoms. The largest absolute Gasteiger partial charge is 0.497 e. The number of ether oxygens (including phenoxy) is 1. The van der Waals surface area contributed by atoms with Gasteiger partial charge in [-0.1, -0.05) is 12.1 Å². The smallest absolute Gasteiger partial charge is 0.230 e. The summed E-state index contributed by atoms with van der Waals surface area (Å²) in [5.41, 5.74) is 1.64. The zero-order chi connectivity index (χ0) is 19.7. The summed E-state index contributed by atoms with van der Waals surface area (Å²) in [6, 6.07) is 7.27. The normalized spacial score (nSPS) is 22.2. The molecular weight excluding hydrogens is 356 g/mol. The van der Waals surface area contributed by atoms with Crippen LogP contribution in [0.2, 0.25) is 0 Å². The van der Waals surface area contributed by atoms with Crippen LogP contribution in [0.5, 0.6) is 5.75 Å². The van der Waals surface area contributed by atoms with Crippen molar-refractivity contribution in [1.29, 1.82) is 0 Å². The second-order valence-electron chi connectivity index (χ2n) is 7.75. The molecule has 2 aliphatic rings. The molecule has 4 rings (SSSR count). The van der Waals surface area contributed by atoms with Crippen LogP contribution in [0.1, 0.15) is 37.3 Å². The number of amides is 2. The molecule has 1 N–H and O–H groups in total. The van der Waals surface area contributed by atoms with Crippen LogP contribution in [0.25, 0.3) is 0 Å². The average molecular weight is 382 g/mol. The minimum absolute atomic E-state index is 0.0575. The molecule has 7 heteroatoms. The number of methoxy groups -OCH3 is 1. The highest BCUT2D eigenvalue weighted by atomic mass is 16.5. The number of hydrogen-bond acceptors (Lipinski definition) is 4. The average Bonchev–Trinajstić information content (AvgIpc) is 3.41. The minimum atomic E-state index is -0.317. The highest BCUT2D eigenvalue weighted by Crippen LogP contribution is 2.37. The van der Waals surface area contributed by atoms with Gasteiger partial charge in [-0.25, -0.2) is 0 Å². The Bertz CT molecular complexity index is 857. The van der Waals surface area contributed by atoms with E-state index in [1.165, 1.54) is 12.8 Å². The molecule has 1 aromatic heterocycles. The molecule has 2 heterocycles. The Balaban J connectivity index is 1.51. The number of anilines is 1. The molecule has 2 atom stereocenters. The number of nitrogens with one attached hydrogen (secondary N) is 1. The zero-order valence-electron chi connectivity index (χ0n) is 16.3. The van der Waals surface area contributed by atoms with E-state index < -0.39 is 0 Å². The van der Waals surface area contributed by atoms with E-state index in [4.69, 9.17) is 4.74 Å². The maximum absolute atomic E-state index is 13.1. The fraction of sp³-hybridized carbons (Fsp3) is 0.476. The SMILES string of the molecule is COc1ccc(C2C(C(=O)Nc3cnn(CC4CC4)c3)CCC(=O)N2C)cc1. The minimum Gasteiger partial charge on any atom is -0.497 e. The van der Waals surface area contributed by atoms with E-state index in [9.17, 15) is 9.59 Å². The molecule has 1 aromatic carbocycles. The maximum atomic E-state index is 13.1. The van der Waals surface area contributed by atoms with Crippen molar-refractivity contribution in [3.8, 4) is 5.75 Å². The van der Waals surface area contributed by atoms with E-state index in [0.717, 1.165) is 23.8 Å². The van der Waals surface area contributed by atoms with Crippen LogP contribution in [-0.4, -0.2) is 40.7 Å². The Morgan fingerprint density at radius 3 is 2.68 bits per heavy atom. The van der Waals surface area contributed by atoms with Crippen LogP contribution in [0.4, 0.5) is 5.69 Å². The first-order chi connectivity index (χ1) is 13.5. The third-order valence-corrected chi connectivity index (χ3v) is 5.70. The van der Waals surface area contributed by atoms with Crippen molar-refractivity contribution in [2.75, 3.05) is 19.5 Å². The van der Waals surface area contributed by atoms with Gasteiger partial charge in [0.1, 0.15) is 5.75 Å². The van der Waals surface area contributed by atoms with Crippen molar-refractivity contribution in [3.63, 3.8) is 0 Å². The second-order valence-corrected chi connectivity index (χ2v) is 7.75. The van der Waals surface area contributed by atoms with Gasteiger partial charge in [-0.3, -0.25) is 14.3 Å². The van der Waals surface area contributed by atoms with Crippen LogP contribution in [0.3, 0.4) is 0 Å². The van der Waals surface area contributed by atoms with Crippen LogP contribution in [-0.2, 0) is 16.1 Å². The van der Waals surface area contributed by atoms with Gasteiger partial charge in [-0.05, 0) is 42.9 Å². The highest BCUT2D eigenvalue weighted by molar-refractivity contribution is 5.94. The number of rotatable bonds is 6. The lowest BCUT2D eigenvalue weighted by Gasteiger charge is -2.38. The van der Waals surface area contributed by atoms with Crippen molar-refractivity contribution in [2.24, 2.45) is 11.8 Å². The van der Waals surface area contributed by atoms with E-state index in [1.807, 2.05) is 35.1 Å². The molecule has 0 spiro atoms. The van der Waals surface area contributed by atoms with Gasteiger partial charge in [0, 0.05) is 26.2 Å². The quantitative estimate of drug-likeness (QED) is 0.833. The second kappa shape index (κ2) is 7.66. The molecule has 148 valence electrons. The summed E-state index contributed by atoms with van der Waals surface area (Å²) < 4.78 is 7.12. The molecule has 1 saturated carbocycles. The Kier molecular flexibility index (Phi) is 5.07. The number of likely N-dealkylation sites (tertiary alicyclic amines) is 1. The van der Waals surface area contributed by atoms with Gasteiger partial charge in [0.05, 0.1) is 31.0 Å². The van der Waals surface area contributed by atoms with E-state index in [1.54, 1.807) is 25.3 Å². The van der Waals surface area contributed by atoms with Crippen LogP contribution >= 0.6 is 0 Å². The van der Waals surface area contributed by atoms with Gasteiger partial charge in [-0.2, -0.15) is 5.10 Å². The summed E-state index contributed by atoms with van der Waals surface area (Å²) in [5, 5.41) is 7.34. The Morgan fingerprint density at radius 1 is 1.25 bits per heavy atom. The molecule has 0 radical (unpaired) electrons. The van der Waals surface area contributed by atoms with Crippen LogP contribution < -0.4 is 10.1 Å². The molecule has 1 saturated heterocycles. The van der Waals surface area contributed by atoms with Gasteiger partial charge < -0.3 is 15.0 Å². The molecule has 0 bridgehead atoms. The van der Waals surface area contributed by atoms with Crippen LogP contribution in [0.15, 0.2) is 36.7 Å². The fourth-order valence-corrected chi connectivity index (χ4v) is 3.90. The van der Waals surface area contributed by atoms with Crippen LogP contribution in [0, 0.1) is 11.8 Å². The number of nitrogens with zero attached hydrogens (tertiary/aromatic N) is 3. The lowest BCUT2D eigenvalue weighted by Crippen LogP contribution is -2.44. The molecule has 1 aliphatic heterocycles. The Morgan fingerprint density at radius 2 is 2.00 bits per heavy atom. The van der Waals surface area contributed by atoms with E-state index in [2.05, 4.69) is 10.4 Å². The first kappa shape index (κ1) is 18.5. The summed E-state index contributed by atoms with van der Waals surface area (Å²) in [5.74, 6) is 1.13. The third-order valence-electron chi connectivity index (χ3n) is 5.70. The summed E-state index contributed by atoms with van der Waals surface area (Å²) in [6.07, 6.45) is 7.00. The fourth-order valence-electron chi connectivity index (χ4n) is 3.90. The molecule has 2 aromatic rings. The summed E-state index contributed by atoms with van der Waals surface area (Å²) in [6.45, 7) is 0.908. The predicted molar refractivity (Wildman–Crippen MR) is 105 cm³/mol. The summed E-state index contributed by atoms with van der Waals surface area (Å²) >= 11 is 0. The number of hydrogen-bond donors (Lipinski definition) is 1. The predicted octanol–water partition coefficient (Wildman–Crippen LogP) is 2.85. The molecular formula is C21H26N4O3. The Hall–Kier alpha value is -2.83.